The molecule has 4 aliphatic heterocycles. The monoisotopic (exact) mass is 695 g/mol. The standard InChI is InChI=1S/C39H38ClN3O7/c1-24-34(26-15-7-3-8-16-26)49-38(48)32-30-20-21-39(50-30)33(32)36(46)43(29(23-44)25-13-5-2-6-14-25)35(39)37(47)42(28-18-11-10-17-27(28)40)22-12-4-9-19-31(45)41-24/h2-8,10-18,20-21,24,29-30,32-35,44H,9,19,22-23H2,1H3,(H,41,45)/b12-4-/t24-,29-,30+,32-,33-,34+,35+,39-/m1/s1. The molecule has 3 aromatic rings. The molecular weight excluding hydrogens is 658 g/mol. The maximum atomic E-state index is 15.2. The van der Waals surface area contributed by atoms with Crippen molar-refractivity contribution in [2.24, 2.45) is 11.8 Å². The van der Waals surface area contributed by atoms with Crippen molar-refractivity contribution in [3.8, 4) is 0 Å². The van der Waals surface area contributed by atoms with Gasteiger partial charge in [0, 0.05) is 13.0 Å². The molecule has 7 rings (SSSR count). The van der Waals surface area contributed by atoms with Crippen LogP contribution >= 0.6 is 11.6 Å². The average Bonchev–Trinajstić information content (AvgIpc) is 3.77. The van der Waals surface area contributed by atoms with Crippen molar-refractivity contribution in [2.75, 3.05) is 18.1 Å². The van der Waals surface area contributed by atoms with E-state index in [-0.39, 0.29) is 18.9 Å². The number of likely N-dealkylation sites (tertiary alicyclic amines) is 1. The molecule has 8 atom stereocenters. The quantitative estimate of drug-likeness (QED) is 0.293. The molecule has 3 aromatic carbocycles. The number of hydrogen-bond acceptors (Lipinski definition) is 7. The third kappa shape index (κ3) is 5.81. The van der Waals surface area contributed by atoms with Crippen LogP contribution in [-0.4, -0.2) is 70.6 Å². The van der Waals surface area contributed by atoms with Crippen molar-refractivity contribution in [3.05, 3.63) is 125 Å². The fourth-order valence-corrected chi connectivity index (χ4v) is 8.10. The van der Waals surface area contributed by atoms with Gasteiger partial charge in [0.1, 0.15) is 23.7 Å². The largest absolute Gasteiger partial charge is 0.455 e. The van der Waals surface area contributed by atoms with Crippen LogP contribution in [0.25, 0.3) is 0 Å². The number of cyclic esters (lactones) is 1. The van der Waals surface area contributed by atoms with E-state index in [4.69, 9.17) is 21.1 Å². The number of aliphatic hydroxyl groups excluding tert-OH is 1. The van der Waals surface area contributed by atoms with E-state index >= 15 is 4.79 Å². The Morgan fingerprint density at radius 1 is 0.940 bits per heavy atom. The zero-order valence-corrected chi connectivity index (χ0v) is 28.2. The molecule has 50 heavy (non-hydrogen) atoms. The Morgan fingerprint density at radius 3 is 2.36 bits per heavy atom. The SMILES string of the molecule is C[C@H]1NC(=O)CC/C=C\CN(c2ccccc2Cl)C(=O)[C@@H]2N([C@H](CO)c3ccccc3)C(=O)[C@H]3[C@H](C(=O)O[C@@H]1c1ccccc1)[C@@H]1C=C[C@]23O1. The van der Waals surface area contributed by atoms with E-state index in [1.54, 1.807) is 73.7 Å². The second-order valence-corrected chi connectivity index (χ2v) is 13.5. The number of benzene rings is 3. The summed E-state index contributed by atoms with van der Waals surface area (Å²) in [7, 11) is 0. The van der Waals surface area contributed by atoms with Gasteiger partial charge in [-0.05, 0) is 36.6 Å². The molecule has 11 heteroatoms. The summed E-state index contributed by atoms with van der Waals surface area (Å²) >= 11 is 6.68. The van der Waals surface area contributed by atoms with Crippen molar-refractivity contribution >= 4 is 41.0 Å². The number of para-hydroxylation sites is 1. The number of aliphatic hydroxyl groups is 1. The van der Waals surface area contributed by atoms with Gasteiger partial charge in [0.2, 0.25) is 11.8 Å². The molecule has 0 aromatic heterocycles. The van der Waals surface area contributed by atoms with Crippen molar-refractivity contribution in [1.82, 2.24) is 10.2 Å². The lowest BCUT2D eigenvalue weighted by molar-refractivity contribution is -0.161. The molecule has 10 nitrogen and oxygen atoms in total. The van der Waals surface area contributed by atoms with Crippen LogP contribution in [0, 0.1) is 11.8 Å². The van der Waals surface area contributed by atoms with Gasteiger partial charge in [-0.1, -0.05) is 109 Å². The summed E-state index contributed by atoms with van der Waals surface area (Å²) in [5.74, 6) is -4.14. The highest BCUT2D eigenvalue weighted by Gasteiger charge is 2.74. The molecule has 5 bridgehead atoms. The van der Waals surface area contributed by atoms with E-state index in [0.717, 1.165) is 0 Å². The molecule has 2 fully saturated rings. The first-order valence-electron chi connectivity index (χ1n) is 16.9. The Morgan fingerprint density at radius 2 is 1.64 bits per heavy atom. The topological polar surface area (TPSA) is 125 Å². The molecular formula is C39H38ClN3O7. The van der Waals surface area contributed by atoms with Gasteiger partial charge in [-0.2, -0.15) is 0 Å². The van der Waals surface area contributed by atoms with Crippen molar-refractivity contribution < 1.29 is 33.8 Å². The molecule has 2 N–H and O–H groups in total. The van der Waals surface area contributed by atoms with Crippen molar-refractivity contribution in [1.29, 1.82) is 0 Å². The molecule has 4 heterocycles. The Balaban J connectivity index is 1.37. The van der Waals surface area contributed by atoms with Crippen LogP contribution in [0.2, 0.25) is 5.02 Å². The molecule has 1 spiro atoms. The predicted octanol–water partition coefficient (Wildman–Crippen LogP) is 4.70. The van der Waals surface area contributed by atoms with E-state index in [1.807, 2.05) is 42.5 Å². The minimum atomic E-state index is -1.54. The molecule has 0 unspecified atom stereocenters. The number of rotatable bonds is 5. The number of halogens is 1. The third-order valence-corrected chi connectivity index (χ3v) is 10.4. The van der Waals surface area contributed by atoms with Gasteiger partial charge < -0.3 is 29.7 Å². The van der Waals surface area contributed by atoms with Gasteiger partial charge >= 0.3 is 5.97 Å². The Labute approximate surface area is 295 Å². The maximum Gasteiger partial charge on any atom is 0.313 e. The lowest BCUT2D eigenvalue weighted by Gasteiger charge is -2.39. The molecule has 4 aliphatic rings. The molecule has 2 saturated heterocycles. The van der Waals surface area contributed by atoms with Crippen LogP contribution < -0.4 is 10.2 Å². The van der Waals surface area contributed by atoms with E-state index in [2.05, 4.69) is 5.32 Å². The number of ether oxygens (including phenoxy) is 2. The highest BCUT2D eigenvalue weighted by atomic mass is 35.5. The molecule has 258 valence electrons. The van der Waals surface area contributed by atoms with Gasteiger partial charge in [0.15, 0.2) is 0 Å². The molecule has 3 amide bonds. The first kappa shape index (κ1) is 33.7. The second-order valence-electron chi connectivity index (χ2n) is 13.1. The van der Waals surface area contributed by atoms with Gasteiger partial charge in [-0.15, -0.1) is 0 Å². The second kappa shape index (κ2) is 13.9. The normalized spacial score (nSPS) is 30.9. The maximum absolute atomic E-state index is 15.2. The average molecular weight is 696 g/mol. The number of hydrogen-bond donors (Lipinski definition) is 2. The van der Waals surface area contributed by atoms with Crippen LogP contribution in [0.4, 0.5) is 5.69 Å². The number of esters is 1. The summed E-state index contributed by atoms with van der Waals surface area (Å²) in [5.41, 5.74) is 0.173. The van der Waals surface area contributed by atoms with Crippen LogP contribution in [0.15, 0.2) is 109 Å². The Kier molecular flexibility index (Phi) is 9.34. The van der Waals surface area contributed by atoms with E-state index in [1.165, 1.54) is 9.80 Å². The van der Waals surface area contributed by atoms with Crippen LogP contribution in [0.3, 0.4) is 0 Å². The fourth-order valence-electron chi connectivity index (χ4n) is 7.87. The van der Waals surface area contributed by atoms with Gasteiger partial charge in [0.05, 0.1) is 41.4 Å². The Hall–Kier alpha value is -4.77. The van der Waals surface area contributed by atoms with Crippen LogP contribution in [0.1, 0.15) is 43.0 Å². The van der Waals surface area contributed by atoms with E-state index in [9.17, 15) is 19.5 Å². The zero-order valence-electron chi connectivity index (χ0n) is 27.4. The lowest BCUT2D eigenvalue weighted by atomic mass is 9.74. The number of nitrogens with zero attached hydrogens (tertiary/aromatic N) is 2. The fraction of sp³-hybridized carbons (Fsp3) is 0.333. The molecule has 0 saturated carbocycles. The van der Waals surface area contributed by atoms with Gasteiger partial charge in [-0.3, -0.25) is 19.2 Å². The first-order chi connectivity index (χ1) is 24.2. The zero-order chi connectivity index (χ0) is 35.0. The number of allylic oxidation sites excluding steroid dienone is 1. The van der Waals surface area contributed by atoms with E-state index in [0.29, 0.717) is 28.3 Å². The summed E-state index contributed by atoms with van der Waals surface area (Å²) in [4.78, 5) is 60.3. The van der Waals surface area contributed by atoms with Gasteiger partial charge in [-0.25, -0.2) is 0 Å². The summed E-state index contributed by atoms with van der Waals surface area (Å²) < 4.78 is 12.8. The van der Waals surface area contributed by atoms with Crippen molar-refractivity contribution in [3.63, 3.8) is 0 Å². The number of anilines is 1. The highest BCUT2D eigenvalue weighted by molar-refractivity contribution is 6.34. The summed E-state index contributed by atoms with van der Waals surface area (Å²) in [6.07, 6.45) is 5.89. The summed E-state index contributed by atoms with van der Waals surface area (Å²) in [5, 5.41) is 14.2. The van der Waals surface area contributed by atoms with Crippen LogP contribution in [-0.2, 0) is 28.7 Å². The first-order valence-corrected chi connectivity index (χ1v) is 17.2. The number of carbonyl (C=O) groups is 4. The molecule has 0 radical (unpaired) electrons. The number of amides is 3. The summed E-state index contributed by atoms with van der Waals surface area (Å²) in [6, 6.07) is 22.2. The number of fused-ring (bicyclic) bond motifs is 2. The lowest BCUT2D eigenvalue weighted by Crippen LogP contribution is -2.57. The van der Waals surface area contributed by atoms with Crippen LogP contribution in [0.5, 0.6) is 0 Å². The number of carbonyl (C=O) groups excluding carboxylic acids is 4. The smallest absolute Gasteiger partial charge is 0.313 e. The highest BCUT2D eigenvalue weighted by Crippen LogP contribution is 2.57. The minimum Gasteiger partial charge on any atom is -0.455 e. The summed E-state index contributed by atoms with van der Waals surface area (Å²) in [6.45, 7) is 1.36. The number of nitrogens with one attached hydrogen (secondary N) is 1. The molecule has 0 aliphatic carbocycles. The van der Waals surface area contributed by atoms with Crippen molar-refractivity contribution in [2.45, 2.75) is 55.7 Å². The van der Waals surface area contributed by atoms with Gasteiger partial charge in [0.25, 0.3) is 5.91 Å². The Bertz CT molecular complexity index is 1840. The third-order valence-electron chi connectivity index (χ3n) is 10.1. The minimum absolute atomic E-state index is 0.0731. The predicted molar refractivity (Wildman–Crippen MR) is 186 cm³/mol. The van der Waals surface area contributed by atoms with E-state index < -0.39 is 72.2 Å².